The molecule has 2 rings (SSSR count). The van der Waals surface area contributed by atoms with Gasteiger partial charge in [-0.1, -0.05) is 12.1 Å². The summed E-state index contributed by atoms with van der Waals surface area (Å²) in [6.07, 6.45) is 2.56. The Balaban J connectivity index is 0.00000200. The second kappa shape index (κ2) is 8.12. The molecule has 1 aliphatic heterocycles. The van der Waals surface area contributed by atoms with E-state index in [-0.39, 0.29) is 24.9 Å². The van der Waals surface area contributed by atoms with E-state index in [0.29, 0.717) is 5.92 Å². The van der Waals surface area contributed by atoms with Crippen LogP contribution in [0.2, 0.25) is 0 Å². The molecule has 1 fully saturated rings. The van der Waals surface area contributed by atoms with Crippen LogP contribution in [0.25, 0.3) is 0 Å². The van der Waals surface area contributed by atoms with Gasteiger partial charge in [0.2, 0.25) is 0 Å². The van der Waals surface area contributed by atoms with E-state index in [9.17, 15) is 4.79 Å². The lowest BCUT2D eigenvalue weighted by Crippen LogP contribution is -2.35. The summed E-state index contributed by atoms with van der Waals surface area (Å²) < 4.78 is 5.94. The molecule has 1 aromatic rings. The van der Waals surface area contributed by atoms with Gasteiger partial charge in [0.1, 0.15) is 5.75 Å². The average molecular weight is 300 g/mol. The topological polar surface area (TPSA) is 58.6 Å². The number of carboxylic acids is 1. The molecule has 1 atom stereocenters. The number of aliphatic carboxylic acids is 1. The minimum absolute atomic E-state index is 0. The fourth-order valence-corrected chi connectivity index (χ4v) is 2.49. The van der Waals surface area contributed by atoms with Gasteiger partial charge in [-0.15, -0.1) is 12.4 Å². The zero-order valence-corrected chi connectivity index (χ0v) is 12.5. The normalized spacial score (nSPS) is 17.1. The smallest absolute Gasteiger partial charge is 0.307 e. The Morgan fingerprint density at radius 3 is 2.50 bits per heavy atom. The lowest BCUT2D eigenvalue weighted by atomic mass is 9.93. The van der Waals surface area contributed by atoms with Crippen LogP contribution in [0.5, 0.6) is 5.75 Å². The van der Waals surface area contributed by atoms with Gasteiger partial charge in [0.05, 0.1) is 12.5 Å². The number of carbonyl (C=O) groups is 1. The van der Waals surface area contributed by atoms with E-state index in [4.69, 9.17) is 9.84 Å². The molecule has 1 heterocycles. The minimum Gasteiger partial charge on any atom is -0.490 e. The molecule has 0 aliphatic carbocycles. The standard InChI is InChI=1S/C15H21NO3.ClH/c1-11(13-6-8-16-9-7-13)19-14-4-2-12(3-5-14)10-15(17)18;/h2-5,11,13,16H,6-10H2,1H3,(H,17,18);1H. The molecule has 1 saturated heterocycles. The molecule has 112 valence electrons. The molecule has 20 heavy (non-hydrogen) atoms. The van der Waals surface area contributed by atoms with Gasteiger partial charge in [-0.2, -0.15) is 0 Å². The molecule has 2 N–H and O–H groups in total. The molecule has 1 aromatic carbocycles. The van der Waals surface area contributed by atoms with Crippen LogP contribution >= 0.6 is 12.4 Å². The zero-order chi connectivity index (χ0) is 13.7. The Kier molecular flexibility index (Phi) is 6.82. The Hall–Kier alpha value is -1.26. The van der Waals surface area contributed by atoms with Crippen LogP contribution in [0, 0.1) is 5.92 Å². The van der Waals surface area contributed by atoms with Gasteiger partial charge in [-0.25, -0.2) is 0 Å². The predicted octanol–water partition coefficient (Wildman–Crippen LogP) is 2.50. The molecular formula is C15H22ClNO3. The highest BCUT2D eigenvalue weighted by molar-refractivity contribution is 5.85. The third kappa shape index (κ3) is 5.02. The van der Waals surface area contributed by atoms with E-state index in [1.807, 2.05) is 24.3 Å². The van der Waals surface area contributed by atoms with E-state index < -0.39 is 5.97 Å². The monoisotopic (exact) mass is 299 g/mol. The van der Waals surface area contributed by atoms with Crippen molar-refractivity contribution in [1.29, 1.82) is 0 Å². The molecule has 0 spiro atoms. The van der Waals surface area contributed by atoms with Gasteiger partial charge in [0.25, 0.3) is 0 Å². The fraction of sp³-hybridized carbons (Fsp3) is 0.533. The van der Waals surface area contributed by atoms with Crippen LogP contribution in [-0.2, 0) is 11.2 Å². The second-order valence-corrected chi connectivity index (χ2v) is 5.12. The summed E-state index contributed by atoms with van der Waals surface area (Å²) in [5.41, 5.74) is 0.800. The Morgan fingerprint density at radius 1 is 1.35 bits per heavy atom. The minimum atomic E-state index is -0.809. The summed E-state index contributed by atoms with van der Waals surface area (Å²) in [5.74, 6) is 0.608. The number of hydrogen-bond acceptors (Lipinski definition) is 3. The number of benzene rings is 1. The number of rotatable bonds is 5. The van der Waals surface area contributed by atoms with Crippen LogP contribution in [0.3, 0.4) is 0 Å². The number of piperidine rings is 1. The number of ether oxygens (including phenoxy) is 1. The molecule has 0 bridgehead atoms. The first-order valence-electron chi connectivity index (χ1n) is 6.83. The van der Waals surface area contributed by atoms with Crippen molar-refractivity contribution < 1.29 is 14.6 Å². The predicted molar refractivity (Wildman–Crippen MR) is 80.7 cm³/mol. The van der Waals surface area contributed by atoms with Crippen LogP contribution in [0.4, 0.5) is 0 Å². The van der Waals surface area contributed by atoms with Crippen LogP contribution in [-0.4, -0.2) is 30.3 Å². The molecule has 0 radical (unpaired) electrons. The maximum Gasteiger partial charge on any atom is 0.307 e. The van der Waals surface area contributed by atoms with Crippen molar-refractivity contribution in [1.82, 2.24) is 5.32 Å². The van der Waals surface area contributed by atoms with E-state index in [0.717, 1.165) is 37.2 Å². The summed E-state index contributed by atoms with van der Waals surface area (Å²) >= 11 is 0. The molecule has 4 nitrogen and oxygen atoms in total. The molecule has 0 saturated carbocycles. The zero-order valence-electron chi connectivity index (χ0n) is 11.7. The molecule has 0 amide bonds. The maximum atomic E-state index is 10.6. The van der Waals surface area contributed by atoms with Crippen molar-refractivity contribution in [2.24, 2.45) is 5.92 Å². The van der Waals surface area contributed by atoms with Gasteiger partial charge in [-0.05, 0) is 56.5 Å². The van der Waals surface area contributed by atoms with Crippen molar-refractivity contribution >= 4 is 18.4 Å². The van der Waals surface area contributed by atoms with Crippen LogP contribution in [0.15, 0.2) is 24.3 Å². The highest BCUT2D eigenvalue weighted by Gasteiger charge is 2.21. The third-order valence-electron chi connectivity index (χ3n) is 3.65. The quantitative estimate of drug-likeness (QED) is 0.877. The Bertz CT molecular complexity index is 416. The lowest BCUT2D eigenvalue weighted by Gasteiger charge is -2.28. The van der Waals surface area contributed by atoms with Crippen molar-refractivity contribution in [2.45, 2.75) is 32.3 Å². The van der Waals surface area contributed by atoms with Gasteiger partial charge in [0, 0.05) is 0 Å². The van der Waals surface area contributed by atoms with Gasteiger partial charge in [0.15, 0.2) is 0 Å². The number of nitrogens with one attached hydrogen (secondary N) is 1. The van der Waals surface area contributed by atoms with Crippen molar-refractivity contribution in [3.8, 4) is 5.75 Å². The van der Waals surface area contributed by atoms with Gasteiger partial charge >= 0.3 is 5.97 Å². The van der Waals surface area contributed by atoms with Crippen molar-refractivity contribution in [3.05, 3.63) is 29.8 Å². The van der Waals surface area contributed by atoms with Crippen LogP contribution < -0.4 is 10.1 Å². The van der Waals surface area contributed by atoms with Crippen LogP contribution in [0.1, 0.15) is 25.3 Å². The number of hydrogen-bond donors (Lipinski definition) is 2. The number of carboxylic acid groups (broad SMARTS) is 1. The first-order valence-corrected chi connectivity index (χ1v) is 6.83. The summed E-state index contributed by atoms with van der Waals surface area (Å²) in [6, 6.07) is 7.35. The van der Waals surface area contributed by atoms with Gasteiger partial charge in [-0.3, -0.25) is 4.79 Å². The molecular weight excluding hydrogens is 278 g/mol. The highest BCUT2D eigenvalue weighted by atomic mass is 35.5. The SMILES string of the molecule is CC(Oc1ccc(CC(=O)O)cc1)C1CCNCC1.Cl. The Labute approximate surface area is 125 Å². The van der Waals surface area contributed by atoms with E-state index in [1.165, 1.54) is 0 Å². The molecule has 0 aromatic heterocycles. The summed E-state index contributed by atoms with van der Waals surface area (Å²) in [5, 5.41) is 12.1. The van der Waals surface area contributed by atoms with E-state index >= 15 is 0 Å². The Morgan fingerprint density at radius 2 is 1.95 bits per heavy atom. The molecule has 1 aliphatic rings. The largest absolute Gasteiger partial charge is 0.490 e. The van der Waals surface area contributed by atoms with Crippen molar-refractivity contribution in [3.63, 3.8) is 0 Å². The summed E-state index contributed by atoms with van der Waals surface area (Å²) in [6.45, 7) is 4.24. The third-order valence-corrected chi connectivity index (χ3v) is 3.65. The van der Waals surface area contributed by atoms with E-state index in [2.05, 4.69) is 12.2 Å². The van der Waals surface area contributed by atoms with Crippen molar-refractivity contribution in [2.75, 3.05) is 13.1 Å². The molecule has 1 unspecified atom stereocenters. The first kappa shape index (κ1) is 16.8. The average Bonchev–Trinajstić information content (AvgIpc) is 2.41. The maximum absolute atomic E-state index is 10.6. The number of halogens is 1. The summed E-state index contributed by atoms with van der Waals surface area (Å²) in [4.78, 5) is 10.6. The summed E-state index contributed by atoms with van der Waals surface area (Å²) in [7, 11) is 0. The van der Waals surface area contributed by atoms with E-state index in [1.54, 1.807) is 0 Å². The highest BCUT2D eigenvalue weighted by Crippen LogP contribution is 2.22. The fourth-order valence-electron chi connectivity index (χ4n) is 2.49. The second-order valence-electron chi connectivity index (χ2n) is 5.12. The lowest BCUT2D eigenvalue weighted by molar-refractivity contribution is -0.136. The van der Waals surface area contributed by atoms with Gasteiger partial charge < -0.3 is 15.2 Å². The first-order chi connectivity index (χ1) is 9.15. The molecule has 5 heteroatoms.